The third-order valence-corrected chi connectivity index (χ3v) is 4.98. The normalized spacial score (nSPS) is 16.7. The SMILES string of the molecule is O=C(c1cccnc1)N1CCc2cc(NC(=O)C3(C(=O)O)CC3)ccc21. The molecule has 132 valence electrons. The molecule has 2 aliphatic rings. The number of hydrogen-bond donors (Lipinski definition) is 2. The standard InChI is InChI=1S/C19H17N3O4/c23-16(13-2-1-8-20-11-13)22-9-5-12-10-14(3-4-15(12)22)21-17(24)19(6-7-19)18(25)26/h1-4,8,10-11H,5-7,9H2,(H,21,24)(H,25,26). The van der Waals surface area contributed by atoms with Crippen LogP contribution in [0, 0.1) is 5.41 Å². The van der Waals surface area contributed by atoms with Crippen LogP contribution in [0.4, 0.5) is 11.4 Å². The van der Waals surface area contributed by atoms with E-state index >= 15 is 0 Å². The van der Waals surface area contributed by atoms with Gasteiger partial charge < -0.3 is 15.3 Å². The zero-order valence-electron chi connectivity index (χ0n) is 13.9. The highest BCUT2D eigenvalue weighted by atomic mass is 16.4. The summed E-state index contributed by atoms with van der Waals surface area (Å²) in [5.74, 6) is -1.67. The second-order valence-electron chi connectivity index (χ2n) is 6.63. The van der Waals surface area contributed by atoms with Gasteiger partial charge in [0.2, 0.25) is 5.91 Å². The maximum absolute atomic E-state index is 12.6. The number of carboxylic acids is 1. The Morgan fingerprint density at radius 2 is 2.00 bits per heavy atom. The summed E-state index contributed by atoms with van der Waals surface area (Å²) in [6, 6.07) is 8.74. The molecule has 2 heterocycles. The van der Waals surface area contributed by atoms with E-state index in [0.29, 0.717) is 37.1 Å². The third kappa shape index (κ3) is 2.61. The molecule has 0 saturated heterocycles. The van der Waals surface area contributed by atoms with E-state index in [-0.39, 0.29) is 5.91 Å². The van der Waals surface area contributed by atoms with Crippen LogP contribution < -0.4 is 10.2 Å². The number of rotatable bonds is 4. The fourth-order valence-electron chi connectivity index (χ4n) is 3.25. The van der Waals surface area contributed by atoms with E-state index < -0.39 is 17.3 Å². The molecule has 0 radical (unpaired) electrons. The molecule has 2 N–H and O–H groups in total. The number of carboxylic acid groups (broad SMARTS) is 1. The number of amides is 2. The maximum Gasteiger partial charge on any atom is 0.319 e. The van der Waals surface area contributed by atoms with Crippen molar-refractivity contribution in [2.75, 3.05) is 16.8 Å². The summed E-state index contributed by atoms with van der Waals surface area (Å²) >= 11 is 0. The van der Waals surface area contributed by atoms with Crippen LogP contribution >= 0.6 is 0 Å². The molecule has 1 aromatic heterocycles. The van der Waals surface area contributed by atoms with E-state index in [9.17, 15) is 19.5 Å². The Bertz CT molecular complexity index is 906. The van der Waals surface area contributed by atoms with Crippen molar-refractivity contribution in [1.29, 1.82) is 0 Å². The van der Waals surface area contributed by atoms with Crippen LogP contribution in [0.5, 0.6) is 0 Å². The van der Waals surface area contributed by atoms with Crippen LogP contribution in [0.25, 0.3) is 0 Å². The van der Waals surface area contributed by atoms with Crippen molar-refractivity contribution in [3.63, 3.8) is 0 Å². The van der Waals surface area contributed by atoms with Gasteiger partial charge in [0.15, 0.2) is 0 Å². The number of hydrogen-bond acceptors (Lipinski definition) is 4. The largest absolute Gasteiger partial charge is 0.480 e. The molecule has 1 aliphatic heterocycles. The van der Waals surface area contributed by atoms with E-state index in [1.807, 2.05) is 6.07 Å². The molecule has 2 amide bonds. The molecule has 7 nitrogen and oxygen atoms in total. The van der Waals surface area contributed by atoms with Crippen molar-refractivity contribution in [1.82, 2.24) is 4.98 Å². The van der Waals surface area contributed by atoms with Crippen molar-refractivity contribution in [3.05, 3.63) is 53.9 Å². The third-order valence-electron chi connectivity index (χ3n) is 4.98. The van der Waals surface area contributed by atoms with E-state index in [1.54, 1.807) is 35.4 Å². The summed E-state index contributed by atoms with van der Waals surface area (Å²) in [4.78, 5) is 41.8. The first-order chi connectivity index (χ1) is 12.5. The number of anilines is 2. The molecule has 4 rings (SSSR count). The van der Waals surface area contributed by atoms with Crippen molar-refractivity contribution in [3.8, 4) is 0 Å². The number of nitrogens with zero attached hydrogens (tertiary/aromatic N) is 2. The minimum Gasteiger partial charge on any atom is -0.480 e. The second kappa shape index (κ2) is 5.94. The highest BCUT2D eigenvalue weighted by Crippen LogP contribution is 2.47. The molecule has 1 aliphatic carbocycles. The number of carbonyl (C=O) groups excluding carboxylic acids is 2. The number of pyridine rings is 1. The summed E-state index contributed by atoms with van der Waals surface area (Å²) < 4.78 is 0. The quantitative estimate of drug-likeness (QED) is 0.822. The fraction of sp³-hybridized carbons (Fsp3) is 0.263. The maximum atomic E-state index is 12.6. The lowest BCUT2D eigenvalue weighted by atomic mass is 10.1. The van der Waals surface area contributed by atoms with E-state index in [4.69, 9.17) is 0 Å². The predicted molar refractivity (Wildman–Crippen MR) is 94.0 cm³/mol. The lowest BCUT2D eigenvalue weighted by Gasteiger charge is -2.18. The zero-order chi connectivity index (χ0) is 18.3. The summed E-state index contributed by atoms with van der Waals surface area (Å²) in [7, 11) is 0. The Morgan fingerprint density at radius 3 is 2.65 bits per heavy atom. The van der Waals surface area contributed by atoms with Crippen molar-refractivity contribution >= 4 is 29.2 Å². The average molecular weight is 351 g/mol. The Kier molecular flexibility index (Phi) is 3.72. The van der Waals surface area contributed by atoms with Crippen LogP contribution in [0.3, 0.4) is 0 Å². The number of fused-ring (bicyclic) bond motifs is 1. The summed E-state index contributed by atoms with van der Waals surface area (Å²) in [6.07, 6.45) is 4.57. The summed E-state index contributed by atoms with van der Waals surface area (Å²) in [6.45, 7) is 0.555. The molecule has 1 aromatic carbocycles. The zero-order valence-corrected chi connectivity index (χ0v) is 13.9. The number of aromatic nitrogens is 1. The Hall–Kier alpha value is -3.22. The van der Waals surface area contributed by atoms with Crippen LogP contribution in [0.2, 0.25) is 0 Å². The topological polar surface area (TPSA) is 99.6 Å². The van der Waals surface area contributed by atoms with Gasteiger partial charge in [0, 0.05) is 30.3 Å². The van der Waals surface area contributed by atoms with Gasteiger partial charge in [0.25, 0.3) is 5.91 Å². The minimum absolute atomic E-state index is 0.114. The second-order valence-corrected chi connectivity index (χ2v) is 6.63. The van der Waals surface area contributed by atoms with Crippen LogP contribution in [-0.2, 0) is 16.0 Å². The lowest BCUT2D eigenvalue weighted by Crippen LogP contribution is -2.31. The average Bonchev–Trinajstić information content (AvgIpc) is 3.37. The van der Waals surface area contributed by atoms with Gasteiger partial charge >= 0.3 is 5.97 Å². The summed E-state index contributed by atoms with van der Waals surface area (Å²) in [5, 5.41) is 11.9. The molecule has 1 saturated carbocycles. The molecular formula is C19H17N3O4. The van der Waals surface area contributed by atoms with E-state index in [2.05, 4.69) is 10.3 Å². The Balaban J connectivity index is 1.53. The molecule has 7 heteroatoms. The number of nitrogens with one attached hydrogen (secondary N) is 1. The van der Waals surface area contributed by atoms with Gasteiger partial charge in [-0.05, 0) is 55.2 Å². The smallest absolute Gasteiger partial charge is 0.319 e. The first-order valence-electron chi connectivity index (χ1n) is 8.41. The van der Waals surface area contributed by atoms with Gasteiger partial charge in [-0.25, -0.2) is 0 Å². The predicted octanol–water partition coefficient (Wildman–Crippen LogP) is 2.09. The molecule has 1 fully saturated rings. The molecule has 0 unspecified atom stereocenters. The van der Waals surface area contributed by atoms with Crippen LogP contribution in [0.1, 0.15) is 28.8 Å². The van der Waals surface area contributed by atoms with Crippen molar-refractivity contribution in [2.24, 2.45) is 5.41 Å². The first kappa shape index (κ1) is 16.3. The van der Waals surface area contributed by atoms with Crippen molar-refractivity contribution < 1.29 is 19.5 Å². The minimum atomic E-state index is -1.28. The van der Waals surface area contributed by atoms with Gasteiger partial charge in [-0.15, -0.1) is 0 Å². The number of benzene rings is 1. The molecule has 2 aromatic rings. The Labute approximate surface area is 149 Å². The molecule has 26 heavy (non-hydrogen) atoms. The number of aliphatic carboxylic acids is 1. The summed E-state index contributed by atoms with van der Waals surface area (Å²) in [5.41, 5.74) is 1.55. The molecule has 0 bridgehead atoms. The van der Waals surface area contributed by atoms with Gasteiger partial charge in [0.1, 0.15) is 5.41 Å². The van der Waals surface area contributed by atoms with Gasteiger partial charge in [0.05, 0.1) is 5.56 Å². The Morgan fingerprint density at radius 1 is 1.19 bits per heavy atom. The van der Waals surface area contributed by atoms with Gasteiger partial charge in [-0.2, -0.15) is 0 Å². The lowest BCUT2D eigenvalue weighted by molar-refractivity contribution is -0.147. The molecule has 0 atom stereocenters. The highest BCUT2D eigenvalue weighted by Gasteiger charge is 2.57. The highest BCUT2D eigenvalue weighted by molar-refractivity contribution is 6.11. The van der Waals surface area contributed by atoms with E-state index in [0.717, 1.165) is 11.3 Å². The van der Waals surface area contributed by atoms with Crippen LogP contribution in [0.15, 0.2) is 42.7 Å². The first-order valence-corrected chi connectivity index (χ1v) is 8.41. The number of carbonyl (C=O) groups is 3. The fourth-order valence-corrected chi connectivity index (χ4v) is 3.25. The van der Waals surface area contributed by atoms with E-state index in [1.165, 1.54) is 6.20 Å². The molecule has 0 spiro atoms. The van der Waals surface area contributed by atoms with Gasteiger partial charge in [-0.3, -0.25) is 19.4 Å². The van der Waals surface area contributed by atoms with Crippen LogP contribution in [-0.4, -0.2) is 34.4 Å². The molecular weight excluding hydrogens is 334 g/mol. The van der Waals surface area contributed by atoms with Gasteiger partial charge in [-0.1, -0.05) is 0 Å². The monoisotopic (exact) mass is 351 g/mol. The van der Waals surface area contributed by atoms with Crippen molar-refractivity contribution in [2.45, 2.75) is 19.3 Å².